The predicted octanol–water partition coefficient (Wildman–Crippen LogP) is 4.44. The highest BCUT2D eigenvalue weighted by Crippen LogP contribution is 2.31. The molecular formula is C17H16ClN3O3S3. The van der Waals surface area contributed by atoms with Crippen LogP contribution in [0, 0.1) is 0 Å². The van der Waals surface area contributed by atoms with Crippen LogP contribution in [-0.2, 0) is 14.8 Å². The molecule has 1 heterocycles. The number of amides is 1. The van der Waals surface area contributed by atoms with E-state index in [0.717, 1.165) is 14.6 Å². The van der Waals surface area contributed by atoms with Crippen molar-refractivity contribution in [2.45, 2.75) is 11.3 Å². The standard InChI is InChI=1S/C17H16ClN3O3S3/c1-2-27(23,24)21-13-6-7-14-15(9-13)26-17(20-14)25-10-16(22)19-12-5-3-4-11(18)8-12/h3-9,21H,2,10H2,1H3,(H,19,22). The maximum Gasteiger partial charge on any atom is 0.234 e. The Kier molecular flexibility index (Phi) is 6.25. The van der Waals surface area contributed by atoms with Gasteiger partial charge in [-0.1, -0.05) is 29.4 Å². The van der Waals surface area contributed by atoms with Gasteiger partial charge in [-0.25, -0.2) is 13.4 Å². The van der Waals surface area contributed by atoms with Gasteiger partial charge in [0.05, 0.1) is 27.4 Å². The van der Waals surface area contributed by atoms with E-state index in [1.165, 1.54) is 23.1 Å². The van der Waals surface area contributed by atoms with Crippen molar-refractivity contribution in [3.63, 3.8) is 0 Å². The summed E-state index contributed by atoms with van der Waals surface area (Å²) in [5.74, 6) is 0.0658. The van der Waals surface area contributed by atoms with E-state index in [0.29, 0.717) is 16.4 Å². The summed E-state index contributed by atoms with van der Waals surface area (Å²) in [5.41, 5.74) is 1.91. The molecule has 0 radical (unpaired) electrons. The largest absolute Gasteiger partial charge is 0.325 e. The minimum absolute atomic E-state index is 0.0105. The van der Waals surface area contributed by atoms with E-state index < -0.39 is 10.0 Å². The Balaban J connectivity index is 1.64. The van der Waals surface area contributed by atoms with Crippen molar-refractivity contribution in [3.05, 3.63) is 47.5 Å². The number of aromatic nitrogens is 1. The average Bonchev–Trinajstić information content (AvgIpc) is 3.02. The van der Waals surface area contributed by atoms with Crippen LogP contribution in [0.4, 0.5) is 11.4 Å². The number of carbonyl (C=O) groups is 1. The molecule has 0 aliphatic heterocycles. The van der Waals surface area contributed by atoms with Crippen LogP contribution in [0.1, 0.15) is 6.92 Å². The lowest BCUT2D eigenvalue weighted by molar-refractivity contribution is -0.113. The average molecular weight is 442 g/mol. The zero-order valence-electron chi connectivity index (χ0n) is 14.2. The van der Waals surface area contributed by atoms with Gasteiger partial charge in [0, 0.05) is 10.7 Å². The summed E-state index contributed by atoms with van der Waals surface area (Å²) < 4.78 is 27.5. The molecule has 27 heavy (non-hydrogen) atoms. The van der Waals surface area contributed by atoms with Gasteiger partial charge in [-0.2, -0.15) is 0 Å². The van der Waals surface area contributed by atoms with Crippen molar-refractivity contribution in [2.24, 2.45) is 0 Å². The molecule has 0 aliphatic carbocycles. The number of carbonyl (C=O) groups excluding carboxylic acids is 1. The lowest BCUT2D eigenvalue weighted by Crippen LogP contribution is -2.14. The molecule has 2 N–H and O–H groups in total. The fraction of sp³-hybridized carbons (Fsp3) is 0.176. The van der Waals surface area contributed by atoms with Crippen LogP contribution >= 0.6 is 34.7 Å². The number of anilines is 2. The number of nitrogens with zero attached hydrogens (tertiary/aromatic N) is 1. The first-order valence-electron chi connectivity index (χ1n) is 7.94. The highest BCUT2D eigenvalue weighted by Gasteiger charge is 2.11. The Morgan fingerprint density at radius 2 is 2.04 bits per heavy atom. The van der Waals surface area contributed by atoms with Crippen LogP contribution in [-0.4, -0.2) is 30.8 Å². The lowest BCUT2D eigenvalue weighted by Gasteiger charge is -2.04. The third-order valence-electron chi connectivity index (χ3n) is 3.46. The number of thiazole rings is 1. The summed E-state index contributed by atoms with van der Waals surface area (Å²) >= 11 is 8.64. The van der Waals surface area contributed by atoms with Crippen LogP contribution in [0.5, 0.6) is 0 Å². The van der Waals surface area contributed by atoms with E-state index in [4.69, 9.17) is 11.6 Å². The summed E-state index contributed by atoms with van der Waals surface area (Å²) in [6.45, 7) is 1.58. The Labute approximate surface area is 170 Å². The smallest absolute Gasteiger partial charge is 0.234 e. The molecule has 0 atom stereocenters. The number of nitrogens with one attached hydrogen (secondary N) is 2. The second kappa shape index (κ2) is 8.47. The molecule has 0 aliphatic rings. The number of fused-ring (bicyclic) bond motifs is 1. The number of benzene rings is 2. The summed E-state index contributed by atoms with van der Waals surface area (Å²) in [7, 11) is -3.32. The molecule has 0 saturated heterocycles. The molecule has 10 heteroatoms. The van der Waals surface area contributed by atoms with Gasteiger partial charge in [0.1, 0.15) is 0 Å². The third kappa shape index (κ3) is 5.58. The molecule has 0 saturated carbocycles. The number of sulfonamides is 1. The Bertz CT molecular complexity index is 1080. The van der Waals surface area contributed by atoms with Crippen LogP contribution in [0.2, 0.25) is 5.02 Å². The van der Waals surface area contributed by atoms with Crippen LogP contribution in [0.15, 0.2) is 46.8 Å². The molecule has 142 valence electrons. The maximum absolute atomic E-state index is 12.1. The van der Waals surface area contributed by atoms with Crippen LogP contribution in [0.3, 0.4) is 0 Å². The first-order chi connectivity index (χ1) is 12.8. The van der Waals surface area contributed by atoms with Gasteiger partial charge in [0.25, 0.3) is 0 Å². The van der Waals surface area contributed by atoms with Gasteiger partial charge in [-0.15, -0.1) is 11.3 Å². The van der Waals surface area contributed by atoms with Crippen molar-refractivity contribution in [1.82, 2.24) is 4.98 Å². The fourth-order valence-electron chi connectivity index (χ4n) is 2.17. The zero-order chi connectivity index (χ0) is 19.4. The van der Waals surface area contributed by atoms with Gasteiger partial charge >= 0.3 is 0 Å². The molecule has 0 spiro atoms. The predicted molar refractivity (Wildman–Crippen MR) is 114 cm³/mol. The summed E-state index contributed by atoms with van der Waals surface area (Å²) in [6, 6.07) is 12.1. The Morgan fingerprint density at radius 1 is 1.22 bits per heavy atom. The van der Waals surface area contributed by atoms with E-state index in [9.17, 15) is 13.2 Å². The van der Waals surface area contributed by atoms with Gasteiger partial charge in [-0.05, 0) is 43.3 Å². The number of hydrogen-bond donors (Lipinski definition) is 2. The van der Waals surface area contributed by atoms with Crippen molar-refractivity contribution >= 4 is 72.2 Å². The van der Waals surface area contributed by atoms with E-state index in [-0.39, 0.29) is 17.4 Å². The Morgan fingerprint density at radius 3 is 2.78 bits per heavy atom. The summed E-state index contributed by atoms with van der Waals surface area (Å²) in [5, 5.41) is 3.34. The monoisotopic (exact) mass is 441 g/mol. The molecule has 0 fully saturated rings. The summed E-state index contributed by atoms with van der Waals surface area (Å²) in [6.07, 6.45) is 0. The number of halogens is 1. The molecule has 3 aromatic rings. The molecular weight excluding hydrogens is 426 g/mol. The molecule has 6 nitrogen and oxygen atoms in total. The lowest BCUT2D eigenvalue weighted by atomic mass is 10.3. The minimum Gasteiger partial charge on any atom is -0.325 e. The van der Waals surface area contributed by atoms with Gasteiger partial charge in [0.15, 0.2) is 4.34 Å². The molecule has 2 aromatic carbocycles. The fourth-order valence-corrected chi connectivity index (χ4v) is 4.90. The van der Waals surface area contributed by atoms with E-state index in [2.05, 4.69) is 15.0 Å². The SMILES string of the molecule is CCS(=O)(=O)Nc1ccc2nc(SCC(=O)Nc3cccc(Cl)c3)sc2c1. The second-order valence-electron chi connectivity index (χ2n) is 5.51. The van der Waals surface area contributed by atoms with Crippen molar-refractivity contribution in [3.8, 4) is 0 Å². The molecule has 0 unspecified atom stereocenters. The second-order valence-corrected chi connectivity index (χ2v) is 10.2. The van der Waals surface area contributed by atoms with Crippen molar-refractivity contribution < 1.29 is 13.2 Å². The van der Waals surface area contributed by atoms with Crippen LogP contribution in [0.25, 0.3) is 10.2 Å². The van der Waals surface area contributed by atoms with E-state index >= 15 is 0 Å². The van der Waals surface area contributed by atoms with E-state index in [1.54, 1.807) is 49.4 Å². The molecule has 1 aromatic heterocycles. The quantitative estimate of drug-likeness (QED) is 0.529. The van der Waals surface area contributed by atoms with Crippen molar-refractivity contribution in [2.75, 3.05) is 21.5 Å². The van der Waals surface area contributed by atoms with E-state index in [1.807, 2.05) is 0 Å². The molecule has 0 bridgehead atoms. The number of thioether (sulfide) groups is 1. The number of rotatable bonds is 7. The highest BCUT2D eigenvalue weighted by atomic mass is 35.5. The minimum atomic E-state index is -3.32. The normalized spacial score (nSPS) is 11.5. The first-order valence-corrected chi connectivity index (χ1v) is 11.8. The topological polar surface area (TPSA) is 88.2 Å². The first kappa shape index (κ1) is 19.9. The summed E-state index contributed by atoms with van der Waals surface area (Å²) in [4.78, 5) is 16.5. The highest BCUT2D eigenvalue weighted by molar-refractivity contribution is 8.01. The molecule has 1 amide bonds. The third-order valence-corrected chi connectivity index (χ3v) is 7.16. The zero-order valence-corrected chi connectivity index (χ0v) is 17.4. The van der Waals surface area contributed by atoms with Gasteiger partial charge in [-0.3, -0.25) is 9.52 Å². The molecule has 3 rings (SSSR count). The Hall–Kier alpha value is -1.81. The van der Waals surface area contributed by atoms with Crippen LogP contribution < -0.4 is 10.0 Å². The maximum atomic E-state index is 12.1. The van der Waals surface area contributed by atoms with Gasteiger partial charge in [0.2, 0.25) is 15.9 Å². The van der Waals surface area contributed by atoms with Crippen molar-refractivity contribution in [1.29, 1.82) is 0 Å². The number of hydrogen-bond acceptors (Lipinski definition) is 6. The van der Waals surface area contributed by atoms with Gasteiger partial charge < -0.3 is 5.32 Å².